The Morgan fingerprint density at radius 3 is 2.73 bits per heavy atom. The van der Waals surface area contributed by atoms with Crippen molar-refractivity contribution in [2.75, 3.05) is 0 Å². The average Bonchev–Trinajstić information content (AvgIpc) is 3.10. The van der Waals surface area contributed by atoms with Crippen LogP contribution in [0.3, 0.4) is 0 Å². The lowest BCUT2D eigenvalue weighted by Gasteiger charge is -2.13. The van der Waals surface area contributed by atoms with Crippen molar-refractivity contribution in [2.24, 2.45) is 0 Å². The molecule has 2 aromatic carbocycles. The fourth-order valence-corrected chi connectivity index (χ4v) is 3.08. The second-order valence-corrected chi connectivity index (χ2v) is 7.03. The molecule has 3 aromatic rings. The molecule has 0 spiro atoms. The van der Waals surface area contributed by atoms with E-state index in [2.05, 4.69) is 15.3 Å². The summed E-state index contributed by atoms with van der Waals surface area (Å²) in [6.07, 6.45) is 0.401. The van der Waals surface area contributed by atoms with Crippen molar-refractivity contribution in [3.8, 4) is 17.6 Å². The number of nitrogens with one attached hydrogen (secondary N) is 2. The summed E-state index contributed by atoms with van der Waals surface area (Å²) in [4.78, 5) is 29.0. The number of aromatic nitrogens is 2. The number of benzene rings is 2. The molecule has 0 fully saturated rings. The van der Waals surface area contributed by atoms with Crippen LogP contribution in [-0.4, -0.2) is 22.2 Å². The van der Waals surface area contributed by atoms with E-state index in [1.54, 1.807) is 0 Å². The van der Waals surface area contributed by atoms with Gasteiger partial charge in [-0.25, -0.2) is 9.37 Å². The van der Waals surface area contributed by atoms with Crippen LogP contribution in [0.5, 0.6) is 11.5 Å². The van der Waals surface area contributed by atoms with Crippen molar-refractivity contribution in [3.05, 3.63) is 74.0 Å². The van der Waals surface area contributed by atoms with Crippen LogP contribution in [0.1, 0.15) is 32.2 Å². The predicted molar refractivity (Wildman–Crippen MR) is 108 cm³/mol. The summed E-state index contributed by atoms with van der Waals surface area (Å²) < 4.78 is 20.4. The Morgan fingerprint density at radius 2 is 2.07 bits per heavy atom. The normalized spacial score (nSPS) is 10.4. The molecule has 152 valence electrons. The number of carbonyl (C=O) groups is 2. The minimum absolute atomic E-state index is 0.0201. The molecule has 2 N–H and O–H groups in total. The fraction of sp³-hybridized carbons (Fsp3) is 0.0526. The van der Waals surface area contributed by atoms with E-state index >= 15 is 0 Å². The molecule has 11 heteroatoms. The minimum Gasteiger partial charge on any atom is -0.453 e. The van der Waals surface area contributed by atoms with Crippen molar-refractivity contribution < 1.29 is 18.7 Å². The van der Waals surface area contributed by atoms with Gasteiger partial charge < -0.3 is 15.0 Å². The summed E-state index contributed by atoms with van der Waals surface area (Å²) in [5, 5.41) is 11.5. The number of rotatable bonds is 6. The first-order valence-corrected chi connectivity index (χ1v) is 9.30. The Labute approximate surface area is 184 Å². The second kappa shape index (κ2) is 9.13. The van der Waals surface area contributed by atoms with Gasteiger partial charge in [-0.3, -0.25) is 9.59 Å². The number of nitrogens with zero attached hydrogens (tertiary/aromatic N) is 2. The molecule has 1 aromatic heterocycles. The summed E-state index contributed by atoms with van der Waals surface area (Å²) in [6.45, 7) is -0.233. The summed E-state index contributed by atoms with van der Waals surface area (Å²) >= 11 is 17.8. The molecule has 0 unspecified atom stereocenters. The molecule has 0 saturated carbocycles. The standard InChI is InChI=1S/C19H10Cl3FN4O3/c20-11-3-9(6-24)4-12(5-11)30-17-13(21)2-1-10(15(17)23)7-25-19(29)16-18(22)27-14(8-28)26-16/h1-5,8H,7H2,(H,25,29)(H,26,27). The highest BCUT2D eigenvalue weighted by atomic mass is 35.5. The number of hydrogen-bond acceptors (Lipinski definition) is 5. The summed E-state index contributed by atoms with van der Waals surface area (Å²) in [6, 6.07) is 8.88. The molecule has 0 aliphatic heterocycles. The van der Waals surface area contributed by atoms with Crippen LogP contribution in [0.15, 0.2) is 30.3 Å². The van der Waals surface area contributed by atoms with Crippen molar-refractivity contribution >= 4 is 47.0 Å². The van der Waals surface area contributed by atoms with Crippen LogP contribution < -0.4 is 10.1 Å². The molecule has 0 bridgehead atoms. The van der Waals surface area contributed by atoms with E-state index in [4.69, 9.17) is 44.8 Å². The molecule has 1 amide bonds. The predicted octanol–water partition coefficient (Wildman–Crippen LogP) is 4.92. The average molecular weight is 468 g/mol. The molecule has 0 radical (unpaired) electrons. The quantitative estimate of drug-likeness (QED) is 0.501. The van der Waals surface area contributed by atoms with E-state index in [1.807, 2.05) is 6.07 Å². The van der Waals surface area contributed by atoms with E-state index in [-0.39, 0.29) is 55.9 Å². The summed E-state index contributed by atoms with van der Waals surface area (Å²) in [5.41, 5.74) is 0.160. The van der Waals surface area contributed by atoms with E-state index in [0.29, 0.717) is 6.29 Å². The summed E-state index contributed by atoms with van der Waals surface area (Å²) in [7, 11) is 0. The van der Waals surface area contributed by atoms with E-state index in [1.165, 1.54) is 30.3 Å². The van der Waals surface area contributed by atoms with E-state index < -0.39 is 11.7 Å². The fourth-order valence-electron chi connectivity index (χ4n) is 2.45. The van der Waals surface area contributed by atoms with Gasteiger partial charge in [-0.2, -0.15) is 5.26 Å². The molecular formula is C19H10Cl3FN4O3. The Balaban J connectivity index is 1.81. The molecule has 0 aliphatic rings. The Bertz CT molecular complexity index is 1190. The van der Waals surface area contributed by atoms with Gasteiger partial charge in [0.25, 0.3) is 5.91 Å². The van der Waals surface area contributed by atoms with E-state index in [9.17, 15) is 14.0 Å². The van der Waals surface area contributed by atoms with Gasteiger partial charge in [-0.15, -0.1) is 0 Å². The van der Waals surface area contributed by atoms with Crippen molar-refractivity contribution in [2.45, 2.75) is 6.54 Å². The first-order chi connectivity index (χ1) is 14.3. The lowest BCUT2D eigenvalue weighted by molar-refractivity contribution is 0.0946. The third-order valence-corrected chi connectivity index (χ3v) is 4.59. The smallest absolute Gasteiger partial charge is 0.271 e. The van der Waals surface area contributed by atoms with Gasteiger partial charge in [0.1, 0.15) is 11.4 Å². The van der Waals surface area contributed by atoms with Crippen molar-refractivity contribution in [1.29, 1.82) is 5.26 Å². The molecule has 7 nitrogen and oxygen atoms in total. The van der Waals surface area contributed by atoms with Crippen LogP contribution in [0, 0.1) is 17.1 Å². The Morgan fingerprint density at radius 1 is 1.30 bits per heavy atom. The van der Waals surface area contributed by atoms with Crippen LogP contribution >= 0.6 is 34.8 Å². The van der Waals surface area contributed by atoms with Crippen molar-refractivity contribution in [3.63, 3.8) is 0 Å². The van der Waals surface area contributed by atoms with Crippen LogP contribution in [-0.2, 0) is 6.54 Å². The zero-order chi connectivity index (χ0) is 21.8. The molecule has 0 saturated heterocycles. The van der Waals surface area contributed by atoms with Gasteiger partial charge in [-0.05, 0) is 24.3 Å². The molecule has 0 atom stereocenters. The second-order valence-electron chi connectivity index (χ2n) is 5.83. The number of halogens is 4. The molecule has 1 heterocycles. The molecule has 30 heavy (non-hydrogen) atoms. The number of aldehydes is 1. The molecule has 3 rings (SSSR count). The first kappa shape index (κ1) is 21.6. The monoisotopic (exact) mass is 466 g/mol. The number of amides is 1. The third-order valence-electron chi connectivity index (χ3n) is 3.81. The number of hydrogen-bond donors (Lipinski definition) is 2. The number of ether oxygens (including phenoxy) is 1. The maximum absolute atomic E-state index is 14.9. The number of carbonyl (C=O) groups excluding carboxylic acids is 2. The third kappa shape index (κ3) is 4.71. The zero-order valence-corrected chi connectivity index (χ0v) is 17.1. The Kier molecular flexibility index (Phi) is 6.57. The number of imidazole rings is 1. The first-order valence-electron chi connectivity index (χ1n) is 8.16. The van der Waals surface area contributed by atoms with Crippen LogP contribution in [0.2, 0.25) is 15.2 Å². The van der Waals surface area contributed by atoms with Gasteiger partial charge in [0.05, 0.1) is 16.7 Å². The maximum Gasteiger partial charge on any atom is 0.271 e. The zero-order valence-electron chi connectivity index (χ0n) is 14.8. The largest absolute Gasteiger partial charge is 0.453 e. The van der Waals surface area contributed by atoms with Crippen LogP contribution in [0.4, 0.5) is 4.39 Å². The van der Waals surface area contributed by atoms with Gasteiger partial charge in [0, 0.05) is 17.1 Å². The number of H-pyrrole nitrogens is 1. The van der Waals surface area contributed by atoms with Gasteiger partial charge in [-0.1, -0.05) is 40.9 Å². The highest BCUT2D eigenvalue weighted by Gasteiger charge is 2.19. The van der Waals surface area contributed by atoms with Crippen molar-refractivity contribution in [1.82, 2.24) is 15.3 Å². The van der Waals surface area contributed by atoms with Gasteiger partial charge >= 0.3 is 0 Å². The SMILES string of the molecule is N#Cc1cc(Cl)cc(Oc2c(Cl)ccc(CNC(=O)c3[nH]c(C=O)nc3Cl)c2F)c1. The molecular weight excluding hydrogens is 458 g/mol. The number of aromatic amines is 1. The lowest BCUT2D eigenvalue weighted by atomic mass is 10.2. The van der Waals surface area contributed by atoms with E-state index in [0.717, 1.165) is 0 Å². The number of nitriles is 1. The van der Waals surface area contributed by atoms with Crippen LogP contribution in [0.25, 0.3) is 0 Å². The minimum atomic E-state index is -0.814. The lowest BCUT2D eigenvalue weighted by Crippen LogP contribution is -2.24. The topological polar surface area (TPSA) is 108 Å². The Hall–Kier alpha value is -3.12. The maximum atomic E-state index is 14.9. The summed E-state index contributed by atoms with van der Waals surface area (Å²) in [5.74, 6) is -1.79. The van der Waals surface area contributed by atoms with Gasteiger partial charge in [0.15, 0.2) is 28.8 Å². The highest BCUT2D eigenvalue weighted by molar-refractivity contribution is 6.33. The highest BCUT2D eigenvalue weighted by Crippen LogP contribution is 2.35. The van der Waals surface area contributed by atoms with Gasteiger partial charge in [0.2, 0.25) is 0 Å². The molecule has 0 aliphatic carbocycles.